The standard InChI is InChI=1S/C15H14FN3O/c1-9-4-5-12(6-10(9)2)19-14(20)7-13(16)18-8-11(3)17-15(18)19/h4-8H,1-3H3. The van der Waals surface area contributed by atoms with Crippen molar-refractivity contribution in [3.8, 4) is 5.69 Å². The van der Waals surface area contributed by atoms with E-state index in [1.807, 2.05) is 32.0 Å². The van der Waals surface area contributed by atoms with Crippen LogP contribution in [0.3, 0.4) is 0 Å². The van der Waals surface area contributed by atoms with Crippen molar-refractivity contribution in [2.24, 2.45) is 0 Å². The summed E-state index contributed by atoms with van der Waals surface area (Å²) in [5.41, 5.74) is 3.13. The second-order valence-electron chi connectivity index (χ2n) is 4.96. The predicted octanol–water partition coefficient (Wildman–Crippen LogP) is 2.55. The first-order valence-corrected chi connectivity index (χ1v) is 6.32. The predicted molar refractivity (Wildman–Crippen MR) is 75.0 cm³/mol. The van der Waals surface area contributed by atoms with Crippen molar-refractivity contribution < 1.29 is 4.39 Å². The summed E-state index contributed by atoms with van der Waals surface area (Å²) in [4.78, 5) is 16.4. The van der Waals surface area contributed by atoms with Gasteiger partial charge in [-0.15, -0.1) is 0 Å². The Morgan fingerprint density at radius 3 is 2.55 bits per heavy atom. The molecule has 0 bridgehead atoms. The summed E-state index contributed by atoms with van der Waals surface area (Å²) >= 11 is 0. The van der Waals surface area contributed by atoms with E-state index in [2.05, 4.69) is 4.98 Å². The van der Waals surface area contributed by atoms with Crippen molar-refractivity contribution in [2.75, 3.05) is 0 Å². The molecule has 0 amide bonds. The molecule has 1 aromatic carbocycles. The Morgan fingerprint density at radius 2 is 1.85 bits per heavy atom. The van der Waals surface area contributed by atoms with Gasteiger partial charge in [-0.05, 0) is 44.0 Å². The zero-order valence-corrected chi connectivity index (χ0v) is 11.5. The highest BCUT2D eigenvalue weighted by molar-refractivity contribution is 5.47. The molecular weight excluding hydrogens is 257 g/mol. The van der Waals surface area contributed by atoms with Crippen LogP contribution in [-0.2, 0) is 0 Å². The molecular formula is C15H14FN3O. The summed E-state index contributed by atoms with van der Waals surface area (Å²) in [6.45, 7) is 5.74. The third-order valence-corrected chi connectivity index (χ3v) is 3.45. The smallest absolute Gasteiger partial charge is 0.262 e. The van der Waals surface area contributed by atoms with Crippen LogP contribution in [-0.4, -0.2) is 14.0 Å². The molecule has 3 aromatic rings. The van der Waals surface area contributed by atoms with Crippen LogP contribution < -0.4 is 5.56 Å². The second-order valence-corrected chi connectivity index (χ2v) is 4.96. The molecule has 20 heavy (non-hydrogen) atoms. The van der Waals surface area contributed by atoms with Gasteiger partial charge in [0.25, 0.3) is 5.56 Å². The molecule has 0 saturated heterocycles. The van der Waals surface area contributed by atoms with Gasteiger partial charge in [0.15, 0.2) is 0 Å². The van der Waals surface area contributed by atoms with Gasteiger partial charge >= 0.3 is 0 Å². The fourth-order valence-electron chi connectivity index (χ4n) is 2.24. The first-order valence-electron chi connectivity index (χ1n) is 6.32. The molecule has 0 atom stereocenters. The molecule has 4 nitrogen and oxygen atoms in total. The van der Waals surface area contributed by atoms with Crippen molar-refractivity contribution in [3.05, 3.63) is 63.6 Å². The number of hydrogen-bond acceptors (Lipinski definition) is 2. The first-order chi connectivity index (χ1) is 9.47. The topological polar surface area (TPSA) is 39.3 Å². The maximum absolute atomic E-state index is 13.8. The van der Waals surface area contributed by atoms with Crippen LogP contribution in [0.25, 0.3) is 11.5 Å². The van der Waals surface area contributed by atoms with Gasteiger partial charge < -0.3 is 0 Å². The number of benzene rings is 1. The zero-order chi connectivity index (χ0) is 14.4. The van der Waals surface area contributed by atoms with Crippen LogP contribution >= 0.6 is 0 Å². The number of fused-ring (bicyclic) bond motifs is 1. The molecule has 0 radical (unpaired) electrons. The first kappa shape index (κ1) is 12.6. The van der Waals surface area contributed by atoms with Gasteiger partial charge in [-0.1, -0.05) is 6.07 Å². The third kappa shape index (κ3) is 1.82. The average Bonchev–Trinajstić information content (AvgIpc) is 2.75. The molecule has 0 fully saturated rings. The molecule has 0 spiro atoms. The van der Waals surface area contributed by atoms with E-state index in [0.717, 1.165) is 17.2 Å². The summed E-state index contributed by atoms with van der Waals surface area (Å²) in [5, 5.41) is 0. The quantitative estimate of drug-likeness (QED) is 0.638. The average molecular weight is 271 g/mol. The van der Waals surface area contributed by atoms with Crippen LogP contribution in [0.1, 0.15) is 16.8 Å². The molecule has 2 heterocycles. The summed E-state index contributed by atoms with van der Waals surface area (Å²) in [6, 6.07) is 6.65. The van der Waals surface area contributed by atoms with Crippen molar-refractivity contribution in [1.29, 1.82) is 0 Å². The molecule has 3 rings (SSSR count). The van der Waals surface area contributed by atoms with E-state index in [-0.39, 0.29) is 5.78 Å². The lowest BCUT2D eigenvalue weighted by Gasteiger charge is -2.10. The number of aryl methyl sites for hydroxylation is 3. The molecule has 5 heteroatoms. The Morgan fingerprint density at radius 1 is 1.10 bits per heavy atom. The second kappa shape index (κ2) is 4.30. The van der Waals surface area contributed by atoms with Crippen molar-refractivity contribution in [1.82, 2.24) is 14.0 Å². The van der Waals surface area contributed by atoms with Gasteiger partial charge in [-0.25, -0.2) is 9.55 Å². The zero-order valence-electron chi connectivity index (χ0n) is 11.5. The molecule has 102 valence electrons. The highest BCUT2D eigenvalue weighted by Crippen LogP contribution is 2.15. The van der Waals surface area contributed by atoms with Gasteiger partial charge in [0.1, 0.15) is 0 Å². The van der Waals surface area contributed by atoms with Gasteiger partial charge in [0.05, 0.1) is 17.4 Å². The van der Waals surface area contributed by atoms with Crippen LogP contribution in [0.4, 0.5) is 4.39 Å². The minimum Gasteiger partial charge on any atom is -0.269 e. The van der Waals surface area contributed by atoms with E-state index in [1.165, 1.54) is 8.97 Å². The molecule has 0 aliphatic rings. The molecule has 2 aromatic heterocycles. The summed E-state index contributed by atoms with van der Waals surface area (Å²) in [6.07, 6.45) is 1.57. The summed E-state index contributed by atoms with van der Waals surface area (Å²) in [7, 11) is 0. The van der Waals surface area contributed by atoms with E-state index in [9.17, 15) is 9.18 Å². The van der Waals surface area contributed by atoms with E-state index >= 15 is 0 Å². The lowest BCUT2D eigenvalue weighted by Crippen LogP contribution is -2.21. The molecule has 0 N–H and O–H groups in total. The normalized spacial score (nSPS) is 11.2. The summed E-state index contributed by atoms with van der Waals surface area (Å²) < 4.78 is 16.5. The number of nitrogens with zero attached hydrogens (tertiary/aromatic N) is 3. The van der Waals surface area contributed by atoms with E-state index < -0.39 is 11.5 Å². The fraction of sp³-hybridized carbons (Fsp3) is 0.200. The number of imidazole rings is 1. The van der Waals surface area contributed by atoms with Crippen molar-refractivity contribution >= 4 is 5.78 Å². The molecule has 0 saturated carbocycles. The van der Waals surface area contributed by atoms with Gasteiger partial charge in [-0.3, -0.25) is 9.20 Å². The Bertz CT molecular complexity index is 877. The Labute approximate surface area is 115 Å². The summed E-state index contributed by atoms with van der Waals surface area (Å²) in [5.74, 6) is -0.318. The monoisotopic (exact) mass is 271 g/mol. The lowest BCUT2D eigenvalue weighted by molar-refractivity contribution is 0.558. The number of aromatic nitrogens is 3. The molecule has 0 aliphatic heterocycles. The Kier molecular flexibility index (Phi) is 2.71. The van der Waals surface area contributed by atoms with Gasteiger partial charge in [0.2, 0.25) is 11.7 Å². The Hall–Kier alpha value is -2.43. The largest absolute Gasteiger partial charge is 0.269 e. The van der Waals surface area contributed by atoms with Crippen LogP contribution in [0.2, 0.25) is 0 Å². The molecule has 0 unspecified atom stereocenters. The highest BCUT2D eigenvalue weighted by Gasteiger charge is 2.12. The highest BCUT2D eigenvalue weighted by atomic mass is 19.1. The maximum atomic E-state index is 13.8. The SMILES string of the molecule is Cc1cn2c(F)cc(=O)n(-c3ccc(C)c(C)c3)c2n1. The van der Waals surface area contributed by atoms with Gasteiger partial charge in [0, 0.05) is 6.20 Å². The minimum absolute atomic E-state index is 0.288. The van der Waals surface area contributed by atoms with E-state index in [4.69, 9.17) is 0 Å². The van der Waals surface area contributed by atoms with Gasteiger partial charge in [-0.2, -0.15) is 4.39 Å². The van der Waals surface area contributed by atoms with E-state index in [1.54, 1.807) is 13.1 Å². The van der Waals surface area contributed by atoms with Crippen molar-refractivity contribution in [2.45, 2.75) is 20.8 Å². The number of hydrogen-bond donors (Lipinski definition) is 0. The Balaban J connectivity index is 2.40. The third-order valence-electron chi connectivity index (χ3n) is 3.45. The van der Waals surface area contributed by atoms with Crippen LogP contribution in [0.15, 0.2) is 35.3 Å². The minimum atomic E-state index is -0.606. The number of rotatable bonds is 1. The fourth-order valence-corrected chi connectivity index (χ4v) is 2.24. The maximum Gasteiger partial charge on any atom is 0.262 e. The molecule has 0 aliphatic carbocycles. The van der Waals surface area contributed by atoms with Crippen LogP contribution in [0.5, 0.6) is 0 Å². The number of halogens is 1. The van der Waals surface area contributed by atoms with Crippen LogP contribution in [0, 0.1) is 26.7 Å². The lowest BCUT2D eigenvalue weighted by atomic mass is 10.1. The van der Waals surface area contributed by atoms with Crippen molar-refractivity contribution in [3.63, 3.8) is 0 Å². The van der Waals surface area contributed by atoms with E-state index in [0.29, 0.717) is 11.4 Å².